The molecule has 1 saturated heterocycles. The van der Waals surface area contributed by atoms with Gasteiger partial charge in [0.15, 0.2) is 0 Å². The van der Waals surface area contributed by atoms with Crippen molar-refractivity contribution in [3.63, 3.8) is 0 Å². The Morgan fingerprint density at radius 1 is 1.08 bits per heavy atom. The second-order valence-corrected chi connectivity index (χ2v) is 6.34. The molecule has 1 N–H and O–H groups in total. The Hall–Kier alpha value is -2.17. The van der Waals surface area contributed by atoms with Crippen LogP contribution in [0.1, 0.15) is 22.8 Å². The summed E-state index contributed by atoms with van der Waals surface area (Å²) in [5.41, 5.74) is 4.36. The zero-order valence-corrected chi connectivity index (χ0v) is 14.8. The van der Waals surface area contributed by atoms with Gasteiger partial charge in [-0.1, -0.05) is 43.3 Å². The largest absolute Gasteiger partial charge is 0.379 e. The number of carbonyl (C=O) groups is 1. The zero-order chi connectivity index (χ0) is 17.5. The first-order valence-electron chi connectivity index (χ1n) is 9.04. The first kappa shape index (κ1) is 17.6. The van der Waals surface area contributed by atoms with Crippen molar-refractivity contribution in [3.05, 3.63) is 59.7 Å². The minimum absolute atomic E-state index is 0.0119. The second kappa shape index (κ2) is 8.79. The summed E-state index contributed by atoms with van der Waals surface area (Å²) in [5.74, 6) is -0.0119. The summed E-state index contributed by atoms with van der Waals surface area (Å²) < 4.78 is 5.33. The van der Waals surface area contributed by atoms with E-state index < -0.39 is 0 Å². The van der Waals surface area contributed by atoms with Gasteiger partial charge >= 0.3 is 0 Å². The monoisotopic (exact) mass is 338 g/mol. The third-order valence-corrected chi connectivity index (χ3v) is 4.63. The van der Waals surface area contributed by atoms with Crippen molar-refractivity contribution in [3.8, 4) is 11.1 Å². The molecular formula is C21H26N2O2. The number of hydrogen-bond donors (Lipinski definition) is 1. The van der Waals surface area contributed by atoms with Crippen molar-refractivity contribution < 1.29 is 9.53 Å². The summed E-state index contributed by atoms with van der Waals surface area (Å²) >= 11 is 0. The average Bonchev–Trinajstić information content (AvgIpc) is 2.69. The highest BCUT2D eigenvalue weighted by atomic mass is 16.5. The van der Waals surface area contributed by atoms with Crippen LogP contribution in [0.3, 0.4) is 0 Å². The van der Waals surface area contributed by atoms with Gasteiger partial charge in [-0.2, -0.15) is 0 Å². The van der Waals surface area contributed by atoms with Crippen LogP contribution in [0, 0.1) is 0 Å². The van der Waals surface area contributed by atoms with Crippen LogP contribution >= 0.6 is 0 Å². The van der Waals surface area contributed by atoms with Crippen molar-refractivity contribution >= 4 is 5.91 Å². The number of nitrogens with zero attached hydrogens (tertiary/aromatic N) is 1. The molecule has 25 heavy (non-hydrogen) atoms. The van der Waals surface area contributed by atoms with Gasteiger partial charge < -0.3 is 10.1 Å². The second-order valence-electron chi connectivity index (χ2n) is 6.34. The van der Waals surface area contributed by atoms with Gasteiger partial charge in [-0.05, 0) is 35.2 Å². The van der Waals surface area contributed by atoms with Crippen molar-refractivity contribution in [1.29, 1.82) is 0 Å². The summed E-state index contributed by atoms with van der Waals surface area (Å²) in [4.78, 5) is 14.6. The van der Waals surface area contributed by atoms with Crippen LogP contribution < -0.4 is 5.32 Å². The molecule has 0 spiro atoms. The van der Waals surface area contributed by atoms with Crippen molar-refractivity contribution in [1.82, 2.24) is 10.2 Å². The summed E-state index contributed by atoms with van der Waals surface area (Å²) in [6.45, 7) is 7.16. The predicted octanol–water partition coefficient (Wildman–Crippen LogP) is 2.98. The standard InChI is InChI=1S/C21H26N2O2/c1-2-17-4-3-5-20(16-17)18-6-8-19(9-7-18)21(24)22-10-11-23-12-14-25-15-13-23/h3-9,16H,2,10-15H2,1H3,(H,22,24). The number of ether oxygens (including phenoxy) is 1. The van der Waals surface area contributed by atoms with Crippen LogP contribution in [-0.4, -0.2) is 50.2 Å². The molecule has 3 rings (SSSR count). The number of nitrogens with one attached hydrogen (secondary N) is 1. The molecule has 2 aromatic rings. The number of aryl methyl sites for hydroxylation is 1. The molecule has 0 saturated carbocycles. The van der Waals surface area contributed by atoms with Crippen LogP contribution in [0.2, 0.25) is 0 Å². The lowest BCUT2D eigenvalue weighted by atomic mass is 10.0. The fourth-order valence-corrected chi connectivity index (χ4v) is 3.04. The number of carbonyl (C=O) groups excluding carboxylic acids is 1. The van der Waals surface area contributed by atoms with Crippen LogP contribution in [-0.2, 0) is 11.2 Å². The molecule has 132 valence electrons. The molecule has 0 radical (unpaired) electrons. The van der Waals surface area contributed by atoms with Crippen molar-refractivity contribution in [2.75, 3.05) is 39.4 Å². The van der Waals surface area contributed by atoms with Gasteiger partial charge in [-0.3, -0.25) is 9.69 Å². The quantitative estimate of drug-likeness (QED) is 0.880. The topological polar surface area (TPSA) is 41.6 Å². The molecule has 1 aliphatic rings. The van der Waals surface area contributed by atoms with E-state index in [0.29, 0.717) is 12.1 Å². The minimum atomic E-state index is -0.0119. The Labute approximate surface area is 149 Å². The highest BCUT2D eigenvalue weighted by Crippen LogP contribution is 2.21. The smallest absolute Gasteiger partial charge is 0.251 e. The molecule has 0 unspecified atom stereocenters. The van der Waals surface area contributed by atoms with E-state index in [9.17, 15) is 4.79 Å². The van der Waals surface area contributed by atoms with Gasteiger partial charge in [0.25, 0.3) is 5.91 Å². The molecule has 0 bridgehead atoms. The van der Waals surface area contributed by atoms with E-state index in [0.717, 1.165) is 44.8 Å². The van der Waals surface area contributed by atoms with Crippen molar-refractivity contribution in [2.45, 2.75) is 13.3 Å². The van der Waals surface area contributed by atoms with Gasteiger partial charge in [0.1, 0.15) is 0 Å². The number of hydrogen-bond acceptors (Lipinski definition) is 3. The Kier molecular flexibility index (Phi) is 6.20. The third-order valence-electron chi connectivity index (χ3n) is 4.63. The van der Waals surface area contributed by atoms with Gasteiger partial charge in [-0.25, -0.2) is 0 Å². The molecule has 1 aliphatic heterocycles. The molecule has 1 amide bonds. The molecular weight excluding hydrogens is 312 g/mol. The highest BCUT2D eigenvalue weighted by Gasteiger charge is 2.11. The number of amides is 1. The molecule has 2 aromatic carbocycles. The SMILES string of the molecule is CCc1cccc(-c2ccc(C(=O)NCCN3CCOCC3)cc2)c1. The van der Waals surface area contributed by atoms with E-state index in [2.05, 4.69) is 41.4 Å². The maximum absolute atomic E-state index is 12.3. The summed E-state index contributed by atoms with van der Waals surface area (Å²) in [6, 6.07) is 16.4. The first-order valence-corrected chi connectivity index (χ1v) is 9.04. The summed E-state index contributed by atoms with van der Waals surface area (Å²) in [6.07, 6.45) is 1.03. The Morgan fingerprint density at radius 2 is 1.84 bits per heavy atom. The number of rotatable bonds is 6. The van der Waals surface area contributed by atoms with Gasteiger partial charge in [0, 0.05) is 31.7 Å². The van der Waals surface area contributed by atoms with Gasteiger partial charge in [0.2, 0.25) is 0 Å². The van der Waals surface area contributed by atoms with Gasteiger partial charge in [0.05, 0.1) is 13.2 Å². The number of morpholine rings is 1. The molecule has 4 nitrogen and oxygen atoms in total. The predicted molar refractivity (Wildman–Crippen MR) is 101 cm³/mol. The van der Waals surface area contributed by atoms with Gasteiger partial charge in [-0.15, -0.1) is 0 Å². The lowest BCUT2D eigenvalue weighted by molar-refractivity contribution is 0.0383. The van der Waals surface area contributed by atoms with E-state index in [1.54, 1.807) is 0 Å². The van der Waals surface area contributed by atoms with E-state index in [1.807, 2.05) is 24.3 Å². The molecule has 1 fully saturated rings. The summed E-state index contributed by atoms with van der Waals surface area (Å²) in [7, 11) is 0. The van der Waals surface area contributed by atoms with E-state index in [4.69, 9.17) is 4.74 Å². The first-order chi connectivity index (χ1) is 12.3. The van der Waals surface area contributed by atoms with E-state index >= 15 is 0 Å². The molecule has 0 atom stereocenters. The van der Waals surface area contributed by atoms with E-state index in [1.165, 1.54) is 11.1 Å². The lowest BCUT2D eigenvalue weighted by Gasteiger charge is -2.26. The molecule has 0 aromatic heterocycles. The van der Waals surface area contributed by atoms with Crippen LogP contribution in [0.4, 0.5) is 0 Å². The van der Waals surface area contributed by atoms with Crippen LogP contribution in [0.25, 0.3) is 11.1 Å². The highest BCUT2D eigenvalue weighted by molar-refractivity contribution is 5.94. The number of benzene rings is 2. The minimum Gasteiger partial charge on any atom is -0.379 e. The molecule has 1 heterocycles. The lowest BCUT2D eigenvalue weighted by Crippen LogP contribution is -2.41. The fourth-order valence-electron chi connectivity index (χ4n) is 3.04. The molecule has 0 aliphatic carbocycles. The van der Waals surface area contributed by atoms with Crippen LogP contribution in [0.5, 0.6) is 0 Å². The van der Waals surface area contributed by atoms with Crippen LogP contribution in [0.15, 0.2) is 48.5 Å². The average molecular weight is 338 g/mol. The Bertz CT molecular complexity index is 691. The Morgan fingerprint density at radius 3 is 2.56 bits per heavy atom. The normalized spacial score (nSPS) is 15.1. The third kappa shape index (κ3) is 4.91. The van der Waals surface area contributed by atoms with E-state index in [-0.39, 0.29) is 5.91 Å². The fraction of sp³-hybridized carbons (Fsp3) is 0.381. The summed E-state index contributed by atoms with van der Waals surface area (Å²) in [5, 5.41) is 3.00. The molecule has 4 heteroatoms. The maximum atomic E-state index is 12.3. The Balaban J connectivity index is 1.54. The maximum Gasteiger partial charge on any atom is 0.251 e. The zero-order valence-electron chi connectivity index (χ0n) is 14.8. The van der Waals surface area contributed by atoms with Crippen molar-refractivity contribution in [2.24, 2.45) is 0 Å².